The number of rotatable bonds is 6. The molecular weight excluding hydrogens is 309 g/mol. The molecule has 126 valence electrons. The first-order valence-electron chi connectivity index (χ1n) is 7.49. The maximum absolute atomic E-state index is 13.1. The van der Waals surface area contributed by atoms with Gasteiger partial charge in [-0.2, -0.15) is 0 Å². The summed E-state index contributed by atoms with van der Waals surface area (Å²) in [5.41, 5.74) is 1.52. The molecule has 1 amide bonds. The highest BCUT2D eigenvalue weighted by Crippen LogP contribution is 2.29. The molecular formula is C19H20FNO3. The third kappa shape index (κ3) is 4.59. The van der Waals surface area contributed by atoms with Gasteiger partial charge in [0.15, 0.2) is 11.5 Å². The molecule has 0 saturated heterocycles. The number of benzene rings is 2. The Morgan fingerprint density at radius 1 is 1.12 bits per heavy atom. The van der Waals surface area contributed by atoms with E-state index in [0.29, 0.717) is 17.1 Å². The number of nitrogens with one attached hydrogen (secondary N) is 1. The van der Waals surface area contributed by atoms with Gasteiger partial charge in [-0.05, 0) is 48.4 Å². The van der Waals surface area contributed by atoms with E-state index in [2.05, 4.69) is 5.32 Å². The van der Waals surface area contributed by atoms with Crippen molar-refractivity contribution in [2.75, 3.05) is 14.2 Å². The molecule has 0 saturated carbocycles. The highest BCUT2D eigenvalue weighted by atomic mass is 19.1. The molecule has 0 bridgehead atoms. The standard InChI is InChI=1S/C19H20FNO3/c1-13(15-8-9-17(23-2)18(12-15)24-3)21-19(22)10-7-14-5-4-6-16(20)11-14/h4-13H,1-3H3,(H,21,22)/b10-7+. The molecule has 0 aliphatic carbocycles. The fourth-order valence-corrected chi connectivity index (χ4v) is 2.25. The van der Waals surface area contributed by atoms with E-state index in [1.165, 1.54) is 18.2 Å². The van der Waals surface area contributed by atoms with Crippen molar-refractivity contribution in [3.8, 4) is 11.5 Å². The van der Waals surface area contributed by atoms with E-state index in [1.54, 1.807) is 38.5 Å². The fraction of sp³-hybridized carbons (Fsp3) is 0.211. The minimum atomic E-state index is -0.337. The van der Waals surface area contributed by atoms with Crippen molar-refractivity contribution in [3.05, 3.63) is 65.5 Å². The van der Waals surface area contributed by atoms with E-state index in [1.807, 2.05) is 19.1 Å². The van der Waals surface area contributed by atoms with Crippen molar-refractivity contribution in [1.29, 1.82) is 0 Å². The molecule has 2 aromatic rings. The summed E-state index contributed by atoms with van der Waals surface area (Å²) in [6, 6.07) is 11.3. The van der Waals surface area contributed by atoms with Crippen LogP contribution in [0, 0.1) is 5.82 Å². The molecule has 0 heterocycles. The van der Waals surface area contributed by atoms with Gasteiger partial charge in [0.1, 0.15) is 5.82 Å². The normalized spacial score (nSPS) is 12.0. The van der Waals surface area contributed by atoms with Gasteiger partial charge in [-0.1, -0.05) is 18.2 Å². The summed E-state index contributed by atoms with van der Waals surface area (Å²) in [5, 5.41) is 2.85. The smallest absolute Gasteiger partial charge is 0.244 e. The first-order valence-corrected chi connectivity index (χ1v) is 7.49. The molecule has 0 aromatic heterocycles. The first kappa shape index (κ1) is 17.5. The zero-order valence-electron chi connectivity index (χ0n) is 13.9. The molecule has 2 aromatic carbocycles. The summed E-state index contributed by atoms with van der Waals surface area (Å²) in [6.45, 7) is 1.87. The van der Waals surface area contributed by atoms with Gasteiger partial charge in [0, 0.05) is 6.08 Å². The number of carbonyl (C=O) groups excluding carboxylic acids is 1. The van der Waals surface area contributed by atoms with E-state index in [0.717, 1.165) is 5.56 Å². The topological polar surface area (TPSA) is 47.6 Å². The van der Waals surface area contributed by atoms with Crippen LogP contribution in [0.25, 0.3) is 6.08 Å². The Morgan fingerprint density at radius 3 is 2.54 bits per heavy atom. The van der Waals surface area contributed by atoms with Crippen molar-refractivity contribution in [2.24, 2.45) is 0 Å². The van der Waals surface area contributed by atoms with Crippen molar-refractivity contribution < 1.29 is 18.7 Å². The fourth-order valence-electron chi connectivity index (χ4n) is 2.25. The Hall–Kier alpha value is -2.82. The van der Waals surface area contributed by atoms with E-state index >= 15 is 0 Å². The highest BCUT2D eigenvalue weighted by Gasteiger charge is 2.11. The average Bonchev–Trinajstić information content (AvgIpc) is 2.59. The Labute approximate surface area is 140 Å². The number of ether oxygens (including phenoxy) is 2. The largest absolute Gasteiger partial charge is 0.493 e. The van der Waals surface area contributed by atoms with Crippen LogP contribution in [-0.4, -0.2) is 20.1 Å². The van der Waals surface area contributed by atoms with Gasteiger partial charge in [-0.3, -0.25) is 4.79 Å². The van der Waals surface area contributed by atoms with Crippen LogP contribution in [0.1, 0.15) is 24.1 Å². The third-order valence-corrected chi connectivity index (χ3v) is 3.54. The summed E-state index contributed by atoms with van der Waals surface area (Å²) in [5.74, 6) is 0.634. The second kappa shape index (κ2) is 8.15. The lowest BCUT2D eigenvalue weighted by atomic mass is 10.1. The van der Waals surface area contributed by atoms with Gasteiger partial charge in [0.25, 0.3) is 0 Å². The molecule has 1 atom stereocenters. The lowest BCUT2D eigenvalue weighted by Crippen LogP contribution is -2.24. The van der Waals surface area contributed by atoms with Crippen molar-refractivity contribution in [3.63, 3.8) is 0 Å². The summed E-state index contributed by atoms with van der Waals surface area (Å²) >= 11 is 0. The Bertz CT molecular complexity index is 743. The molecule has 24 heavy (non-hydrogen) atoms. The number of methoxy groups -OCH3 is 2. The second-order valence-electron chi connectivity index (χ2n) is 5.23. The van der Waals surface area contributed by atoms with Crippen LogP contribution in [0.2, 0.25) is 0 Å². The summed E-state index contributed by atoms with van der Waals surface area (Å²) in [7, 11) is 3.13. The summed E-state index contributed by atoms with van der Waals surface area (Å²) in [6.07, 6.45) is 2.95. The van der Waals surface area contributed by atoms with Crippen LogP contribution in [0.3, 0.4) is 0 Å². The molecule has 0 fully saturated rings. The Kier molecular flexibility index (Phi) is 5.95. The molecule has 0 spiro atoms. The van der Waals surface area contributed by atoms with Crippen LogP contribution in [-0.2, 0) is 4.79 Å². The molecule has 2 rings (SSSR count). The van der Waals surface area contributed by atoms with E-state index < -0.39 is 0 Å². The number of amides is 1. The van der Waals surface area contributed by atoms with Gasteiger partial charge in [-0.25, -0.2) is 4.39 Å². The predicted molar refractivity (Wildman–Crippen MR) is 91.5 cm³/mol. The van der Waals surface area contributed by atoms with Gasteiger partial charge < -0.3 is 14.8 Å². The van der Waals surface area contributed by atoms with Crippen molar-refractivity contribution in [1.82, 2.24) is 5.32 Å². The lowest BCUT2D eigenvalue weighted by Gasteiger charge is -2.15. The first-order chi connectivity index (χ1) is 11.5. The lowest BCUT2D eigenvalue weighted by molar-refractivity contribution is -0.117. The minimum absolute atomic E-state index is 0.213. The van der Waals surface area contributed by atoms with Gasteiger partial charge in [0.05, 0.1) is 20.3 Å². The van der Waals surface area contributed by atoms with Crippen LogP contribution in [0.5, 0.6) is 11.5 Å². The average molecular weight is 329 g/mol. The Balaban J connectivity index is 2.03. The third-order valence-electron chi connectivity index (χ3n) is 3.54. The van der Waals surface area contributed by atoms with Gasteiger partial charge in [-0.15, -0.1) is 0 Å². The maximum atomic E-state index is 13.1. The summed E-state index contributed by atoms with van der Waals surface area (Å²) < 4.78 is 23.6. The SMILES string of the molecule is COc1ccc(C(C)NC(=O)/C=C/c2cccc(F)c2)cc1OC. The number of hydrogen-bond donors (Lipinski definition) is 1. The van der Waals surface area contributed by atoms with E-state index in [-0.39, 0.29) is 17.8 Å². The number of hydrogen-bond acceptors (Lipinski definition) is 3. The molecule has 0 aliphatic rings. The van der Waals surface area contributed by atoms with Gasteiger partial charge >= 0.3 is 0 Å². The minimum Gasteiger partial charge on any atom is -0.493 e. The van der Waals surface area contributed by atoms with Crippen molar-refractivity contribution >= 4 is 12.0 Å². The molecule has 5 heteroatoms. The van der Waals surface area contributed by atoms with Crippen LogP contribution in [0.15, 0.2) is 48.5 Å². The molecule has 1 unspecified atom stereocenters. The van der Waals surface area contributed by atoms with Crippen LogP contribution >= 0.6 is 0 Å². The van der Waals surface area contributed by atoms with Crippen LogP contribution < -0.4 is 14.8 Å². The number of carbonyl (C=O) groups is 1. The monoisotopic (exact) mass is 329 g/mol. The van der Waals surface area contributed by atoms with E-state index in [9.17, 15) is 9.18 Å². The second-order valence-corrected chi connectivity index (χ2v) is 5.23. The molecule has 0 aliphatic heterocycles. The zero-order chi connectivity index (χ0) is 17.5. The molecule has 0 radical (unpaired) electrons. The maximum Gasteiger partial charge on any atom is 0.244 e. The Morgan fingerprint density at radius 2 is 1.88 bits per heavy atom. The molecule has 4 nitrogen and oxygen atoms in total. The zero-order valence-corrected chi connectivity index (χ0v) is 13.9. The van der Waals surface area contributed by atoms with E-state index in [4.69, 9.17) is 9.47 Å². The number of halogens is 1. The van der Waals surface area contributed by atoms with Gasteiger partial charge in [0.2, 0.25) is 5.91 Å². The predicted octanol–water partition coefficient (Wildman–Crippen LogP) is 3.73. The molecule has 1 N–H and O–H groups in total. The van der Waals surface area contributed by atoms with Crippen LogP contribution in [0.4, 0.5) is 4.39 Å². The van der Waals surface area contributed by atoms with Crippen molar-refractivity contribution in [2.45, 2.75) is 13.0 Å². The summed E-state index contributed by atoms with van der Waals surface area (Å²) in [4.78, 5) is 12.0. The quantitative estimate of drug-likeness (QED) is 0.822. The highest BCUT2D eigenvalue weighted by molar-refractivity contribution is 5.91.